The summed E-state index contributed by atoms with van der Waals surface area (Å²) in [7, 11) is 0. The van der Waals surface area contributed by atoms with Gasteiger partial charge in [-0.3, -0.25) is 9.59 Å². The number of carbonyl (C=O) groups is 1. The van der Waals surface area contributed by atoms with Gasteiger partial charge in [0.05, 0.1) is 0 Å². The van der Waals surface area contributed by atoms with Gasteiger partial charge in [0.25, 0.3) is 0 Å². The molecule has 0 unspecified atom stereocenters. The van der Waals surface area contributed by atoms with E-state index < -0.39 is 0 Å². The summed E-state index contributed by atoms with van der Waals surface area (Å²) in [5.74, 6) is -0.0374. The summed E-state index contributed by atoms with van der Waals surface area (Å²) in [4.78, 5) is 28.8. The Hall–Kier alpha value is -3.21. The van der Waals surface area contributed by atoms with Gasteiger partial charge in [0, 0.05) is 17.7 Å². The number of benzene rings is 3. The van der Waals surface area contributed by atoms with Crippen molar-refractivity contribution in [3.8, 4) is 11.5 Å². The van der Waals surface area contributed by atoms with E-state index >= 15 is 0 Å². The predicted octanol–water partition coefficient (Wildman–Crippen LogP) is 3.40. The Labute approximate surface area is 130 Å². The minimum absolute atomic E-state index is 0.129. The van der Waals surface area contributed by atoms with Gasteiger partial charge in [-0.25, -0.2) is 4.98 Å². The molecule has 1 N–H and O–H groups in total. The van der Waals surface area contributed by atoms with Crippen molar-refractivity contribution < 1.29 is 9.21 Å². The van der Waals surface area contributed by atoms with E-state index in [1.165, 1.54) is 6.92 Å². The summed E-state index contributed by atoms with van der Waals surface area (Å²) < 4.78 is 5.89. The highest BCUT2D eigenvalue weighted by atomic mass is 16.3. The van der Waals surface area contributed by atoms with Gasteiger partial charge in [-0.1, -0.05) is 36.4 Å². The lowest BCUT2D eigenvalue weighted by atomic mass is 10.0. The maximum absolute atomic E-state index is 12.7. The second-order valence-electron chi connectivity index (χ2n) is 5.29. The third-order valence-corrected chi connectivity index (χ3v) is 3.71. The number of hydrogen-bond donors (Lipinski definition) is 1. The van der Waals surface area contributed by atoms with Crippen LogP contribution in [0, 0.1) is 0 Å². The molecule has 0 saturated carbocycles. The molecule has 0 spiro atoms. The standard InChI is InChI=1S/C18H12N2O3/c1-10(21)19-16-17(22)12-7-3-2-6-11(12)15-18(16)23-14-9-5-4-8-13(14)20-15/h2-9H,1H3,(H,19,21). The highest BCUT2D eigenvalue weighted by Crippen LogP contribution is 2.35. The molecule has 2 aromatic carbocycles. The van der Waals surface area contributed by atoms with Crippen molar-refractivity contribution in [2.24, 2.45) is 0 Å². The number of anilines is 1. The van der Waals surface area contributed by atoms with Gasteiger partial charge in [-0.15, -0.1) is 0 Å². The predicted molar refractivity (Wildman–Crippen MR) is 88.7 cm³/mol. The van der Waals surface area contributed by atoms with Crippen molar-refractivity contribution in [2.45, 2.75) is 6.92 Å². The van der Waals surface area contributed by atoms with Crippen LogP contribution in [0.1, 0.15) is 6.92 Å². The quantitative estimate of drug-likeness (QED) is 0.432. The summed E-state index contributed by atoms with van der Waals surface area (Å²) in [6.07, 6.45) is 0. The molecule has 0 radical (unpaired) electrons. The molecule has 4 rings (SSSR count). The molecule has 0 atom stereocenters. The van der Waals surface area contributed by atoms with E-state index in [9.17, 15) is 9.59 Å². The lowest BCUT2D eigenvalue weighted by Gasteiger charge is -2.13. The highest BCUT2D eigenvalue weighted by Gasteiger charge is 2.22. The SMILES string of the molecule is CC(=O)Nc1c2oc3ccccc3nc-2c2ccccc2c1=O. The van der Waals surface area contributed by atoms with Gasteiger partial charge in [0.2, 0.25) is 11.3 Å². The van der Waals surface area contributed by atoms with Crippen molar-refractivity contribution in [3.63, 3.8) is 0 Å². The van der Waals surface area contributed by atoms with Gasteiger partial charge in [0.1, 0.15) is 16.9 Å². The number of rotatable bonds is 1. The Morgan fingerprint density at radius 1 is 1.04 bits per heavy atom. The fourth-order valence-corrected chi connectivity index (χ4v) is 2.73. The molecular formula is C18H12N2O3. The van der Waals surface area contributed by atoms with Crippen molar-refractivity contribution in [2.75, 3.05) is 5.32 Å². The second kappa shape index (κ2) is 4.91. The summed E-state index contributed by atoms with van der Waals surface area (Å²) in [5.41, 5.74) is 1.66. The molecule has 23 heavy (non-hydrogen) atoms. The Kier molecular flexibility index (Phi) is 2.87. The van der Waals surface area contributed by atoms with Crippen molar-refractivity contribution in [1.82, 2.24) is 4.98 Å². The molecule has 1 aliphatic heterocycles. The molecule has 0 bridgehead atoms. The van der Waals surface area contributed by atoms with Crippen LogP contribution in [0.25, 0.3) is 33.3 Å². The Morgan fingerprint density at radius 2 is 1.74 bits per heavy atom. The zero-order chi connectivity index (χ0) is 16.0. The number of fused-ring (bicyclic) bond motifs is 4. The van der Waals surface area contributed by atoms with Crippen LogP contribution in [0.3, 0.4) is 0 Å². The van der Waals surface area contributed by atoms with Crippen molar-refractivity contribution in [1.29, 1.82) is 0 Å². The van der Waals surface area contributed by atoms with E-state index in [1.54, 1.807) is 18.2 Å². The van der Waals surface area contributed by atoms with E-state index in [1.807, 2.05) is 30.3 Å². The first-order chi connectivity index (χ1) is 11.1. The smallest absolute Gasteiger partial charge is 0.221 e. The molecule has 0 aromatic heterocycles. The van der Waals surface area contributed by atoms with Crippen molar-refractivity contribution in [3.05, 3.63) is 58.8 Å². The summed E-state index contributed by atoms with van der Waals surface area (Å²) in [6, 6.07) is 14.5. The fourth-order valence-electron chi connectivity index (χ4n) is 2.73. The van der Waals surface area contributed by atoms with Crippen molar-refractivity contribution >= 4 is 33.5 Å². The van der Waals surface area contributed by atoms with Gasteiger partial charge < -0.3 is 9.73 Å². The first-order valence-corrected chi connectivity index (χ1v) is 7.17. The molecule has 112 valence electrons. The highest BCUT2D eigenvalue weighted by molar-refractivity contribution is 6.04. The Bertz CT molecular complexity index is 1100. The number of para-hydroxylation sites is 2. The number of amides is 1. The van der Waals surface area contributed by atoms with Crippen LogP contribution in [0.5, 0.6) is 0 Å². The van der Waals surface area contributed by atoms with E-state index in [0.717, 1.165) is 0 Å². The van der Waals surface area contributed by atoms with Crippen LogP contribution in [0.4, 0.5) is 5.69 Å². The molecule has 0 saturated heterocycles. The number of aromatic nitrogens is 1. The number of hydrogen-bond acceptors (Lipinski definition) is 4. The van der Waals surface area contributed by atoms with Crippen LogP contribution < -0.4 is 10.7 Å². The van der Waals surface area contributed by atoms with E-state index in [0.29, 0.717) is 33.3 Å². The number of carbonyl (C=O) groups excluding carboxylic acids is 1. The third-order valence-electron chi connectivity index (χ3n) is 3.71. The second-order valence-corrected chi connectivity index (χ2v) is 5.29. The molecule has 2 aliphatic rings. The molecule has 5 heteroatoms. The minimum Gasteiger partial charge on any atom is -0.450 e. The van der Waals surface area contributed by atoms with Crippen LogP contribution in [0.2, 0.25) is 0 Å². The van der Waals surface area contributed by atoms with Crippen LogP contribution in [-0.2, 0) is 4.79 Å². The van der Waals surface area contributed by atoms with Gasteiger partial charge in [-0.2, -0.15) is 0 Å². The summed E-state index contributed by atoms with van der Waals surface area (Å²) in [5, 5.41) is 3.79. The molecule has 0 fully saturated rings. The molecule has 2 aromatic rings. The van der Waals surface area contributed by atoms with Gasteiger partial charge in [0.15, 0.2) is 11.3 Å². The van der Waals surface area contributed by atoms with Gasteiger partial charge in [-0.05, 0) is 12.1 Å². The van der Waals surface area contributed by atoms with Crippen LogP contribution in [-0.4, -0.2) is 10.9 Å². The first-order valence-electron chi connectivity index (χ1n) is 7.17. The number of nitrogens with zero attached hydrogens (tertiary/aromatic N) is 1. The Morgan fingerprint density at radius 3 is 2.52 bits per heavy atom. The molecule has 1 heterocycles. The largest absolute Gasteiger partial charge is 0.450 e. The Balaban J connectivity index is 2.25. The molecule has 1 aliphatic carbocycles. The fraction of sp³-hybridized carbons (Fsp3) is 0.0556. The van der Waals surface area contributed by atoms with E-state index in [4.69, 9.17) is 4.42 Å². The van der Waals surface area contributed by atoms with Crippen LogP contribution >= 0.6 is 0 Å². The molecule has 5 nitrogen and oxygen atoms in total. The average Bonchev–Trinajstić information content (AvgIpc) is 2.57. The summed E-state index contributed by atoms with van der Waals surface area (Å²) in [6.45, 7) is 1.36. The molecule has 1 amide bonds. The minimum atomic E-state index is -0.331. The van der Waals surface area contributed by atoms with E-state index in [-0.39, 0.29) is 17.0 Å². The van der Waals surface area contributed by atoms with Gasteiger partial charge >= 0.3 is 0 Å². The topological polar surface area (TPSA) is 72.2 Å². The van der Waals surface area contributed by atoms with E-state index in [2.05, 4.69) is 10.3 Å². The maximum atomic E-state index is 12.7. The normalized spacial score (nSPS) is 11.2. The number of nitrogens with one attached hydrogen (secondary N) is 1. The molecular weight excluding hydrogens is 292 g/mol. The average molecular weight is 304 g/mol. The first kappa shape index (κ1) is 13.5. The zero-order valence-electron chi connectivity index (χ0n) is 12.3. The summed E-state index contributed by atoms with van der Waals surface area (Å²) >= 11 is 0. The van der Waals surface area contributed by atoms with Crippen LogP contribution in [0.15, 0.2) is 57.7 Å². The third kappa shape index (κ3) is 2.05. The maximum Gasteiger partial charge on any atom is 0.221 e. The lowest BCUT2D eigenvalue weighted by Crippen LogP contribution is -2.18. The monoisotopic (exact) mass is 304 g/mol. The lowest BCUT2D eigenvalue weighted by molar-refractivity contribution is -0.114. The zero-order valence-corrected chi connectivity index (χ0v) is 12.3.